The molecule has 104 valence electrons. The molecule has 2 aliphatic rings. The highest BCUT2D eigenvalue weighted by molar-refractivity contribution is 9.10. The predicted octanol–water partition coefficient (Wildman–Crippen LogP) is 2.66. The SMILES string of the molecule is OC1CCN(c2ccc(CNC3CC3)c(Br)c2)CC1. The summed E-state index contributed by atoms with van der Waals surface area (Å²) in [7, 11) is 0. The molecule has 0 radical (unpaired) electrons. The number of aliphatic hydroxyl groups excluding tert-OH is 1. The van der Waals surface area contributed by atoms with E-state index >= 15 is 0 Å². The van der Waals surface area contributed by atoms with Gasteiger partial charge in [0.1, 0.15) is 0 Å². The zero-order valence-corrected chi connectivity index (χ0v) is 12.7. The van der Waals surface area contributed by atoms with Crippen molar-refractivity contribution in [2.24, 2.45) is 0 Å². The summed E-state index contributed by atoms with van der Waals surface area (Å²) in [6.45, 7) is 2.85. The van der Waals surface area contributed by atoms with E-state index in [0.717, 1.165) is 38.5 Å². The fourth-order valence-electron chi connectivity index (χ4n) is 2.54. The van der Waals surface area contributed by atoms with Crippen molar-refractivity contribution in [3.05, 3.63) is 28.2 Å². The van der Waals surface area contributed by atoms with Gasteiger partial charge in [-0.1, -0.05) is 22.0 Å². The highest BCUT2D eigenvalue weighted by Crippen LogP contribution is 2.27. The Kier molecular flexibility index (Phi) is 4.10. The maximum atomic E-state index is 9.56. The van der Waals surface area contributed by atoms with Crippen LogP contribution in [0.1, 0.15) is 31.2 Å². The second-order valence-electron chi connectivity index (χ2n) is 5.65. The van der Waals surface area contributed by atoms with E-state index in [-0.39, 0.29) is 6.10 Å². The molecule has 1 saturated heterocycles. The first-order chi connectivity index (χ1) is 9.22. The van der Waals surface area contributed by atoms with Crippen molar-refractivity contribution >= 4 is 21.6 Å². The topological polar surface area (TPSA) is 35.5 Å². The number of halogens is 1. The molecule has 2 fully saturated rings. The van der Waals surface area contributed by atoms with Crippen LogP contribution in [0.5, 0.6) is 0 Å². The van der Waals surface area contributed by atoms with Crippen LogP contribution in [0.25, 0.3) is 0 Å². The second-order valence-corrected chi connectivity index (χ2v) is 6.50. The highest BCUT2D eigenvalue weighted by atomic mass is 79.9. The summed E-state index contributed by atoms with van der Waals surface area (Å²) < 4.78 is 1.18. The molecule has 0 amide bonds. The van der Waals surface area contributed by atoms with Gasteiger partial charge in [-0.2, -0.15) is 0 Å². The second kappa shape index (κ2) is 5.81. The van der Waals surface area contributed by atoms with Crippen molar-refractivity contribution in [1.29, 1.82) is 0 Å². The summed E-state index contributed by atoms with van der Waals surface area (Å²) in [6, 6.07) is 7.36. The number of rotatable bonds is 4. The Morgan fingerprint density at radius 3 is 2.58 bits per heavy atom. The molecule has 3 rings (SSSR count). The lowest BCUT2D eigenvalue weighted by Gasteiger charge is -2.31. The van der Waals surface area contributed by atoms with Crippen LogP contribution in [0, 0.1) is 0 Å². The van der Waals surface area contributed by atoms with E-state index in [1.165, 1.54) is 28.6 Å². The molecular formula is C15H21BrN2O. The van der Waals surface area contributed by atoms with Crippen LogP contribution in [0.2, 0.25) is 0 Å². The summed E-state index contributed by atoms with van der Waals surface area (Å²) in [5, 5.41) is 13.1. The van der Waals surface area contributed by atoms with Crippen LogP contribution in [0.3, 0.4) is 0 Å². The van der Waals surface area contributed by atoms with Crippen LogP contribution < -0.4 is 10.2 Å². The number of hydrogen-bond donors (Lipinski definition) is 2. The number of aliphatic hydroxyl groups is 1. The Labute approximate surface area is 123 Å². The molecule has 2 N–H and O–H groups in total. The summed E-state index contributed by atoms with van der Waals surface area (Å²) in [6.07, 6.45) is 4.30. The Morgan fingerprint density at radius 2 is 1.95 bits per heavy atom. The third kappa shape index (κ3) is 3.50. The number of anilines is 1. The molecule has 4 heteroatoms. The van der Waals surface area contributed by atoms with Crippen LogP contribution in [-0.4, -0.2) is 30.3 Å². The van der Waals surface area contributed by atoms with E-state index in [1.54, 1.807) is 0 Å². The molecular weight excluding hydrogens is 304 g/mol. The van der Waals surface area contributed by atoms with E-state index < -0.39 is 0 Å². The molecule has 0 aromatic heterocycles. The van der Waals surface area contributed by atoms with Crippen LogP contribution in [0.15, 0.2) is 22.7 Å². The monoisotopic (exact) mass is 324 g/mol. The number of nitrogens with zero attached hydrogens (tertiary/aromatic N) is 1. The zero-order valence-electron chi connectivity index (χ0n) is 11.1. The first-order valence-electron chi connectivity index (χ1n) is 7.17. The first-order valence-corrected chi connectivity index (χ1v) is 7.96. The fourth-order valence-corrected chi connectivity index (χ4v) is 3.05. The van der Waals surface area contributed by atoms with Crippen LogP contribution in [-0.2, 0) is 6.54 Å². The Morgan fingerprint density at radius 1 is 1.21 bits per heavy atom. The number of hydrogen-bond acceptors (Lipinski definition) is 3. The van der Waals surface area contributed by atoms with E-state index in [9.17, 15) is 5.11 Å². The van der Waals surface area contributed by atoms with Crippen molar-refractivity contribution in [3.63, 3.8) is 0 Å². The molecule has 0 unspecified atom stereocenters. The van der Waals surface area contributed by atoms with Gasteiger partial charge in [-0.15, -0.1) is 0 Å². The highest BCUT2D eigenvalue weighted by Gasteiger charge is 2.21. The molecule has 3 nitrogen and oxygen atoms in total. The lowest BCUT2D eigenvalue weighted by molar-refractivity contribution is 0.145. The van der Waals surface area contributed by atoms with E-state index in [4.69, 9.17) is 0 Å². The van der Waals surface area contributed by atoms with Gasteiger partial charge in [0.05, 0.1) is 6.10 Å². The fraction of sp³-hybridized carbons (Fsp3) is 0.600. The molecule has 0 atom stereocenters. The van der Waals surface area contributed by atoms with E-state index in [2.05, 4.69) is 44.3 Å². The Bertz CT molecular complexity index is 440. The molecule has 1 heterocycles. The smallest absolute Gasteiger partial charge is 0.0574 e. The van der Waals surface area contributed by atoms with Gasteiger partial charge in [-0.25, -0.2) is 0 Å². The van der Waals surface area contributed by atoms with Gasteiger partial charge in [-0.05, 0) is 43.4 Å². The van der Waals surface area contributed by atoms with E-state index in [1.807, 2.05) is 0 Å². The van der Waals surface area contributed by atoms with Gasteiger partial charge >= 0.3 is 0 Å². The minimum absolute atomic E-state index is 0.110. The van der Waals surface area contributed by atoms with Crippen LogP contribution in [0.4, 0.5) is 5.69 Å². The summed E-state index contributed by atoms with van der Waals surface area (Å²) in [5.74, 6) is 0. The average molecular weight is 325 g/mol. The zero-order chi connectivity index (χ0) is 13.2. The lowest BCUT2D eigenvalue weighted by Crippen LogP contribution is -2.35. The molecule has 1 saturated carbocycles. The number of benzene rings is 1. The Hall–Kier alpha value is -0.580. The average Bonchev–Trinajstić information content (AvgIpc) is 3.22. The van der Waals surface area contributed by atoms with Gasteiger partial charge in [-0.3, -0.25) is 0 Å². The van der Waals surface area contributed by atoms with Gasteiger partial charge in [0.15, 0.2) is 0 Å². The standard InChI is InChI=1S/C15H21BrN2O/c16-15-9-13(18-7-5-14(19)6-8-18)4-1-11(15)10-17-12-2-3-12/h1,4,9,12,14,17,19H,2-3,5-8,10H2. The predicted molar refractivity (Wildman–Crippen MR) is 81.5 cm³/mol. The van der Waals surface area contributed by atoms with Crippen molar-refractivity contribution < 1.29 is 5.11 Å². The maximum absolute atomic E-state index is 9.56. The lowest BCUT2D eigenvalue weighted by atomic mass is 10.1. The summed E-state index contributed by atoms with van der Waals surface area (Å²) >= 11 is 3.68. The van der Waals surface area contributed by atoms with Crippen LogP contribution >= 0.6 is 15.9 Å². The summed E-state index contributed by atoms with van der Waals surface area (Å²) in [4.78, 5) is 2.36. The minimum Gasteiger partial charge on any atom is -0.393 e. The third-order valence-corrected chi connectivity index (χ3v) is 4.76. The minimum atomic E-state index is -0.110. The van der Waals surface area contributed by atoms with Gasteiger partial charge in [0, 0.05) is 35.8 Å². The van der Waals surface area contributed by atoms with E-state index in [0.29, 0.717) is 0 Å². The largest absolute Gasteiger partial charge is 0.393 e. The molecule has 1 aliphatic carbocycles. The van der Waals surface area contributed by atoms with Crippen molar-refractivity contribution in [2.75, 3.05) is 18.0 Å². The maximum Gasteiger partial charge on any atom is 0.0574 e. The Balaban J connectivity index is 1.64. The quantitative estimate of drug-likeness (QED) is 0.893. The van der Waals surface area contributed by atoms with Gasteiger partial charge in [0.2, 0.25) is 0 Å². The third-order valence-electron chi connectivity index (χ3n) is 4.02. The van der Waals surface area contributed by atoms with Crippen molar-refractivity contribution in [1.82, 2.24) is 5.32 Å². The molecule has 19 heavy (non-hydrogen) atoms. The molecule has 1 aromatic rings. The molecule has 0 spiro atoms. The van der Waals surface area contributed by atoms with Gasteiger partial charge in [0.25, 0.3) is 0 Å². The van der Waals surface area contributed by atoms with Gasteiger partial charge < -0.3 is 15.3 Å². The molecule has 1 aliphatic heterocycles. The number of nitrogens with one attached hydrogen (secondary N) is 1. The first kappa shape index (κ1) is 13.4. The van der Waals surface area contributed by atoms with Crippen molar-refractivity contribution in [3.8, 4) is 0 Å². The normalized spacial score (nSPS) is 20.8. The number of piperidine rings is 1. The van der Waals surface area contributed by atoms with Crippen molar-refractivity contribution in [2.45, 2.75) is 44.4 Å². The summed E-state index contributed by atoms with van der Waals surface area (Å²) in [5.41, 5.74) is 2.58. The molecule has 0 bridgehead atoms. The molecule has 1 aromatic carbocycles.